The molecule has 6 heteroatoms. The molecule has 0 saturated carbocycles. The molecule has 1 aromatic heterocycles. The number of pyridine rings is 1. The monoisotopic (exact) mass is 461 g/mol. The normalized spacial score (nSPS) is 25.6. The van der Waals surface area contributed by atoms with Gasteiger partial charge in [0.05, 0.1) is 17.5 Å². The topological polar surface area (TPSA) is 62.3 Å². The van der Waals surface area contributed by atoms with Crippen LogP contribution in [0.25, 0.3) is 0 Å². The number of anilines is 1. The van der Waals surface area contributed by atoms with E-state index in [9.17, 15) is 9.59 Å². The van der Waals surface area contributed by atoms with E-state index in [1.54, 1.807) is 24.5 Å². The van der Waals surface area contributed by atoms with Gasteiger partial charge >= 0.3 is 0 Å². The standard InChI is InChI=1S/C24H20BrN3O2/c25-17-8-10-18(11-9-17)28-23(29)20-19(13-15-5-2-1-3-6-15)27-22(21(20)24(28)30)16-7-4-12-26-14-16/h1-12,14,19-22,27H,13H2/t19-,20+,21+,22+/m1/s1. The Kier molecular flexibility index (Phi) is 4.97. The van der Waals surface area contributed by atoms with Crippen LogP contribution in [0.15, 0.2) is 83.6 Å². The van der Waals surface area contributed by atoms with Crippen molar-refractivity contribution in [2.24, 2.45) is 11.8 Å². The van der Waals surface area contributed by atoms with Crippen molar-refractivity contribution in [3.8, 4) is 0 Å². The van der Waals surface area contributed by atoms with Crippen LogP contribution in [-0.4, -0.2) is 22.8 Å². The van der Waals surface area contributed by atoms with Crippen molar-refractivity contribution in [1.82, 2.24) is 10.3 Å². The molecule has 2 aromatic carbocycles. The molecule has 2 aliphatic rings. The predicted octanol–water partition coefficient (Wildman–Crippen LogP) is 3.91. The number of halogens is 1. The fraction of sp³-hybridized carbons (Fsp3) is 0.208. The second kappa shape index (κ2) is 7.78. The number of amides is 2. The number of rotatable bonds is 4. The molecule has 5 nitrogen and oxygen atoms in total. The van der Waals surface area contributed by atoms with Crippen LogP contribution in [0.3, 0.4) is 0 Å². The van der Waals surface area contributed by atoms with Crippen LogP contribution in [0.2, 0.25) is 0 Å². The zero-order valence-corrected chi connectivity index (χ0v) is 17.7. The summed E-state index contributed by atoms with van der Waals surface area (Å²) in [6, 6.07) is 20.9. The lowest BCUT2D eigenvalue weighted by atomic mass is 9.85. The summed E-state index contributed by atoms with van der Waals surface area (Å²) in [6.45, 7) is 0. The molecule has 0 spiro atoms. The molecular weight excluding hydrogens is 442 g/mol. The highest BCUT2D eigenvalue weighted by Gasteiger charge is 2.59. The summed E-state index contributed by atoms with van der Waals surface area (Å²) in [4.78, 5) is 32.6. The molecule has 30 heavy (non-hydrogen) atoms. The minimum absolute atomic E-state index is 0.125. The number of nitrogens with one attached hydrogen (secondary N) is 1. The lowest BCUT2D eigenvalue weighted by molar-refractivity contribution is -0.123. The van der Waals surface area contributed by atoms with Crippen molar-refractivity contribution in [1.29, 1.82) is 0 Å². The van der Waals surface area contributed by atoms with Crippen molar-refractivity contribution in [2.75, 3.05) is 4.90 Å². The molecule has 0 bridgehead atoms. The van der Waals surface area contributed by atoms with Crippen molar-refractivity contribution in [3.05, 3.63) is 94.7 Å². The first kappa shape index (κ1) is 19.2. The van der Waals surface area contributed by atoms with Crippen molar-refractivity contribution in [3.63, 3.8) is 0 Å². The number of hydrogen-bond acceptors (Lipinski definition) is 4. The first-order chi connectivity index (χ1) is 14.6. The van der Waals surface area contributed by atoms with E-state index in [0.29, 0.717) is 12.1 Å². The SMILES string of the molecule is O=C1[C@@H]2[C@H](C(=O)N1c1ccc(Br)cc1)[C@H](c1cccnc1)N[C@@H]2Cc1ccccc1. The third-order valence-electron chi connectivity index (χ3n) is 6.01. The van der Waals surface area contributed by atoms with Crippen molar-refractivity contribution >= 4 is 33.4 Å². The lowest BCUT2D eigenvalue weighted by Crippen LogP contribution is -2.40. The van der Waals surface area contributed by atoms with Crippen LogP contribution in [0, 0.1) is 11.8 Å². The number of aromatic nitrogens is 1. The minimum Gasteiger partial charge on any atom is -0.305 e. The quantitative estimate of drug-likeness (QED) is 0.598. The van der Waals surface area contributed by atoms with E-state index in [4.69, 9.17) is 0 Å². The molecule has 2 saturated heterocycles. The summed E-state index contributed by atoms with van der Waals surface area (Å²) < 4.78 is 0.905. The first-order valence-corrected chi connectivity index (χ1v) is 10.8. The Hall–Kier alpha value is -2.83. The van der Waals surface area contributed by atoms with Gasteiger partial charge in [-0.25, -0.2) is 4.90 Å². The zero-order valence-electron chi connectivity index (χ0n) is 16.1. The zero-order chi connectivity index (χ0) is 20.7. The van der Waals surface area contributed by atoms with Gasteiger partial charge in [0.1, 0.15) is 0 Å². The van der Waals surface area contributed by atoms with E-state index in [1.807, 2.05) is 42.5 Å². The maximum absolute atomic E-state index is 13.5. The lowest BCUT2D eigenvalue weighted by Gasteiger charge is -2.22. The fourth-order valence-electron chi connectivity index (χ4n) is 4.69. The van der Waals surface area contributed by atoms with Crippen molar-refractivity contribution in [2.45, 2.75) is 18.5 Å². The molecule has 4 atom stereocenters. The molecule has 0 radical (unpaired) electrons. The average molecular weight is 462 g/mol. The number of carbonyl (C=O) groups is 2. The summed E-state index contributed by atoms with van der Waals surface area (Å²) in [6.07, 6.45) is 4.18. The van der Waals surface area contributed by atoms with Gasteiger partial charge < -0.3 is 5.32 Å². The van der Waals surface area contributed by atoms with Crippen LogP contribution in [0.5, 0.6) is 0 Å². The molecule has 5 rings (SSSR count). The second-order valence-corrected chi connectivity index (χ2v) is 8.68. The number of hydrogen-bond donors (Lipinski definition) is 1. The number of fused-ring (bicyclic) bond motifs is 1. The summed E-state index contributed by atoms with van der Waals surface area (Å²) in [5, 5.41) is 3.58. The largest absolute Gasteiger partial charge is 0.305 e. The minimum atomic E-state index is -0.445. The number of imide groups is 1. The van der Waals surface area contributed by atoms with Gasteiger partial charge in [-0.2, -0.15) is 0 Å². The Bertz CT molecular complexity index is 1070. The van der Waals surface area contributed by atoms with Crippen molar-refractivity contribution < 1.29 is 9.59 Å². The predicted molar refractivity (Wildman–Crippen MR) is 118 cm³/mol. The fourth-order valence-corrected chi connectivity index (χ4v) is 4.95. The van der Waals surface area contributed by atoms with E-state index >= 15 is 0 Å². The Morgan fingerprint density at radius 1 is 0.900 bits per heavy atom. The van der Waals surface area contributed by atoms with Crippen LogP contribution >= 0.6 is 15.9 Å². The Morgan fingerprint density at radius 2 is 1.63 bits per heavy atom. The molecule has 3 aromatic rings. The van der Waals surface area contributed by atoms with Gasteiger partial charge in [0, 0.05) is 29.0 Å². The Balaban J connectivity index is 1.53. The Morgan fingerprint density at radius 3 is 2.33 bits per heavy atom. The molecule has 150 valence electrons. The van der Waals surface area contributed by atoms with Gasteiger partial charge in [-0.3, -0.25) is 14.6 Å². The van der Waals surface area contributed by atoms with Crippen LogP contribution < -0.4 is 10.2 Å². The summed E-state index contributed by atoms with van der Waals surface area (Å²) >= 11 is 3.41. The highest BCUT2D eigenvalue weighted by molar-refractivity contribution is 9.10. The molecule has 0 aliphatic carbocycles. The summed E-state index contributed by atoms with van der Waals surface area (Å²) in [7, 11) is 0. The van der Waals surface area contributed by atoms with Gasteiger partial charge in [-0.1, -0.05) is 52.3 Å². The third kappa shape index (κ3) is 3.26. The van der Waals surface area contributed by atoms with E-state index in [1.165, 1.54) is 4.90 Å². The number of nitrogens with zero attached hydrogens (tertiary/aromatic N) is 2. The number of benzene rings is 2. The van der Waals surface area contributed by atoms with Gasteiger partial charge in [0.15, 0.2) is 0 Å². The smallest absolute Gasteiger partial charge is 0.239 e. The summed E-state index contributed by atoms with van der Waals surface area (Å²) in [5.41, 5.74) is 2.69. The third-order valence-corrected chi connectivity index (χ3v) is 6.54. The maximum atomic E-state index is 13.5. The highest BCUT2D eigenvalue weighted by atomic mass is 79.9. The molecule has 0 unspecified atom stereocenters. The molecule has 2 amide bonds. The van der Waals surface area contributed by atoms with E-state index < -0.39 is 11.8 Å². The average Bonchev–Trinajstić information content (AvgIpc) is 3.27. The van der Waals surface area contributed by atoms with E-state index in [2.05, 4.69) is 38.4 Å². The van der Waals surface area contributed by atoms with Gasteiger partial charge in [0.25, 0.3) is 0 Å². The molecular formula is C24H20BrN3O2. The Labute approximate surface area is 183 Å². The highest BCUT2D eigenvalue weighted by Crippen LogP contribution is 2.45. The molecule has 2 fully saturated rings. The number of carbonyl (C=O) groups excluding carboxylic acids is 2. The van der Waals surface area contributed by atoms with Crippen LogP contribution in [-0.2, 0) is 16.0 Å². The van der Waals surface area contributed by atoms with E-state index in [0.717, 1.165) is 15.6 Å². The van der Waals surface area contributed by atoms with Gasteiger partial charge in [-0.05, 0) is 47.9 Å². The first-order valence-electron chi connectivity index (χ1n) is 9.97. The maximum Gasteiger partial charge on any atom is 0.239 e. The second-order valence-electron chi connectivity index (χ2n) is 7.77. The van der Waals surface area contributed by atoms with Crippen LogP contribution in [0.4, 0.5) is 5.69 Å². The van der Waals surface area contributed by atoms with Crippen LogP contribution in [0.1, 0.15) is 17.2 Å². The molecule has 2 aliphatic heterocycles. The van der Waals surface area contributed by atoms with E-state index in [-0.39, 0.29) is 23.9 Å². The molecule has 3 heterocycles. The van der Waals surface area contributed by atoms with Gasteiger partial charge in [0.2, 0.25) is 11.8 Å². The molecule has 1 N–H and O–H groups in total. The van der Waals surface area contributed by atoms with Gasteiger partial charge in [-0.15, -0.1) is 0 Å². The summed E-state index contributed by atoms with van der Waals surface area (Å²) in [5.74, 6) is -1.14.